The predicted molar refractivity (Wildman–Crippen MR) is 209 cm³/mol. The molecule has 6 rings (SSSR count). The summed E-state index contributed by atoms with van der Waals surface area (Å²) < 4.78 is 25.1. The van der Waals surface area contributed by atoms with Gasteiger partial charge in [0.2, 0.25) is 5.62 Å². The number of amides is 2. The largest absolute Gasteiger partial charge is 0.467 e. The summed E-state index contributed by atoms with van der Waals surface area (Å²) in [5.74, 6) is -2.34. The topological polar surface area (TPSA) is 183 Å². The van der Waals surface area contributed by atoms with E-state index in [-0.39, 0.29) is 49.4 Å². The molecule has 1 saturated heterocycles. The molecule has 2 aliphatic rings. The van der Waals surface area contributed by atoms with Crippen LogP contribution in [-0.4, -0.2) is 88.6 Å². The third-order valence-electron chi connectivity index (χ3n) is 9.53. The number of rotatable bonds is 15. The molecule has 15 heteroatoms. The summed E-state index contributed by atoms with van der Waals surface area (Å²) in [4.78, 5) is 48.1. The molecular formula is C41H46BrN5O9. The summed E-state index contributed by atoms with van der Waals surface area (Å²) in [6.07, 6.45) is 0.463. The number of ether oxygens (including phenoxy) is 4. The summed E-state index contributed by atoms with van der Waals surface area (Å²) >= 11 is 3.37. The number of esters is 1. The fourth-order valence-corrected chi connectivity index (χ4v) is 7.23. The Hall–Kier alpha value is -4.93. The van der Waals surface area contributed by atoms with E-state index in [1.54, 1.807) is 41.1 Å². The first-order valence-corrected chi connectivity index (χ1v) is 19.3. The van der Waals surface area contributed by atoms with Gasteiger partial charge in [-0.05, 0) is 85.7 Å². The number of halogens is 1. The van der Waals surface area contributed by atoms with E-state index in [2.05, 4.69) is 43.7 Å². The highest BCUT2D eigenvalue weighted by Gasteiger charge is 2.40. The van der Waals surface area contributed by atoms with Gasteiger partial charge in [0.25, 0.3) is 5.91 Å². The molecule has 2 heterocycles. The summed E-state index contributed by atoms with van der Waals surface area (Å²) in [7, 11) is 1.26. The standard InChI is InChI=1S/C41H46BrN5O9/c1-41(2,52)56-34-22-27(23-48)55-37(34)47-21-19-35(45-36(49)25-15-17-26(42)18-16-25)46-39(47)43-20-9-8-14-33(38(50)53-3)44-40(51)54-24-32-30-12-6-4-10-28(30)29-11-5-7-13-31(29)32/h4-7,10-13,15-19,21,27,32-34,37,48,52H,8-9,14,20,22-24H2,1-3H3,(H,44,51)(H,43,45,46,49)/t27-,33-,34?,37+/m0/s1. The number of nitrogens with one attached hydrogen (secondary N) is 2. The van der Waals surface area contributed by atoms with Crippen molar-refractivity contribution in [2.75, 3.05) is 32.2 Å². The Morgan fingerprint density at radius 1 is 1.02 bits per heavy atom. The van der Waals surface area contributed by atoms with Gasteiger partial charge in [0, 0.05) is 35.1 Å². The lowest BCUT2D eigenvalue weighted by atomic mass is 9.98. The zero-order valence-corrected chi connectivity index (χ0v) is 33.0. The molecule has 3 aromatic carbocycles. The summed E-state index contributed by atoms with van der Waals surface area (Å²) in [5, 5.41) is 25.8. The number of carbonyl (C=O) groups excluding carboxylic acids is 3. The maximum absolute atomic E-state index is 13.0. The molecule has 1 aliphatic heterocycles. The second-order valence-electron chi connectivity index (χ2n) is 14.1. The molecule has 4 atom stereocenters. The van der Waals surface area contributed by atoms with E-state index in [1.807, 2.05) is 36.4 Å². The fourth-order valence-electron chi connectivity index (χ4n) is 6.96. The molecule has 0 bridgehead atoms. The maximum atomic E-state index is 13.0. The van der Waals surface area contributed by atoms with Gasteiger partial charge in [-0.2, -0.15) is 4.98 Å². The van der Waals surface area contributed by atoms with E-state index >= 15 is 0 Å². The van der Waals surface area contributed by atoms with Crippen molar-refractivity contribution in [2.24, 2.45) is 4.99 Å². The van der Waals surface area contributed by atoms with Gasteiger partial charge in [-0.25, -0.2) is 9.59 Å². The zero-order chi connectivity index (χ0) is 39.8. The monoisotopic (exact) mass is 831 g/mol. The number of unbranched alkanes of at least 4 members (excludes halogenated alkanes) is 1. The molecule has 2 amide bonds. The van der Waals surface area contributed by atoms with Crippen LogP contribution in [0.25, 0.3) is 11.1 Å². The molecule has 4 N–H and O–H groups in total. The highest BCUT2D eigenvalue weighted by Crippen LogP contribution is 2.44. The smallest absolute Gasteiger partial charge is 0.407 e. The molecule has 1 aromatic heterocycles. The van der Waals surface area contributed by atoms with Crippen molar-refractivity contribution in [2.45, 2.75) is 75.7 Å². The second-order valence-corrected chi connectivity index (χ2v) is 15.0. The van der Waals surface area contributed by atoms with Crippen LogP contribution in [0.15, 0.2) is 94.5 Å². The quantitative estimate of drug-likeness (QED) is 0.0684. The van der Waals surface area contributed by atoms with Gasteiger partial charge >= 0.3 is 12.1 Å². The van der Waals surface area contributed by atoms with Crippen molar-refractivity contribution < 1.29 is 43.5 Å². The van der Waals surface area contributed by atoms with Crippen LogP contribution >= 0.6 is 15.9 Å². The van der Waals surface area contributed by atoms with E-state index in [1.165, 1.54) is 21.0 Å². The van der Waals surface area contributed by atoms with Crippen LogP contribution in [0.2, 0.25) is 0 Å². The summed E-state index contributed by atoms with van der Waals surface area (Å²) in [6, 6.07) is 23.6. The first-order chi connectivity index (χ1) is 26.9. The van der Waals surface area contributed by atoms with Crippen molar-refractivity contribution in [1.29, 1.82) is 0 Å². The average Bonchev–Trinajstić information content (AvgIpc) is 3.73. The van der Waals surface area contributed by atoms with Gasteiger partial charge in [0.1, 0.15) is 24.6 Å². The number of aliphatic hydroxyl groups excluding tert-OH is 1. The van der Waals surface area contributed by atoms with Crippen LogP contribution in [-0.2, 0) is 23.7 Å². The Bertz CT molecular complexity index is 2040. The first kappa shape index (κ1) is 40.7. The number of aromatic nitrogens is 2. The number of alkyl carbamates (subject to hydrolysis) is 1. The van der Waals surface area contributed by atoms with Crippen molar-refractivity contribution in [3.63, 3.8) is 0 Å². The SMILES string of the molecule is COC(=O)[C@H](CCCC/N=c1\nc(NC(=O)c2ccc(Br)cc2)ccn1[C@@H]1O[C@H](CO)CC1OC(C)(C)O)NC(=O)OCC1c2ccccc2-c2ccccc21. The minimum Gasteiger partial charge on any atom is -0.467 e. The number of benzene rings is 3. The minimum absolute atomic E-state index is 0.105. The number of carbonyl (C=O) groups is 3. The maximum Gasteiger partial charge on any atom is 0.407 e. The Kier molecular flexibility index (Phi) is 13.3. The van der Waals surface area contributed by atoms with Crippen molar-refractivity contribution in [3.8, 4) is 11.1 Å². The number of hydrogen-bond acceptors (Lipinski definition) is 11. The lowest BCUT2D eigenvalue weighted by Gasteiger charge is -2.28. The van der Waals surface area contributed by atoms with Gasteiger partial charge in [-0.15, -0.1) is 0 Å². The Labute approximate surface area is 333 Å². The second kappa shape index (κ2) is 18.3. The predicted octanol–water partition coefficient (Wildman–Crippen LogP) is 5.44. The normalized spacial score (nSPS) is 18.5. The molecular weight excluding hydrogens is 786 g/mol. The van der Waals surface area contributed by atoms with Gasteiger partial charge in [0.05, 0.1) is 19.8 Å². The van der Waals surface area contributed by atoms with E-state index in [0.29, 0.717) is 24.8 Å². The number of fused-ring (bicyclic) bond motifs is 3. The lowest BCUT2D eigenvalue weighted by molar-refractivity contribution is -0.223. The van der Waals surface area contributed by atoms with Gasteiger partial charge < -0.3 is 39.8 Å². The number of methoxy groups -OCH3 is 1. The van der Waals surface area contributed by atoms with Crippen molar-refractivity contribution in [3.05, 3.63) is 112 Å². The van der Waals surface area contributed by atoms with E-state index in [0.717, 1.165) is 26.7 Å². The number of aliphatic hydroxyl groups is 2. The molecule has 296 valence electrons. The van der Waals surface area contributed by atoms with Crippen LogP contribution in [0.5, 0.6) is 0 Å². The number of hydrogen-bond donors (Lipinski definition) is 4. The lowest BCUT2D eigenvalue weighted by Crippen LogP contribution is -2.42. The average molecular weight is 833 g/mol. The highest BCUT2D eigenvalue weighted by molar-refractivity contribution is 9.10. The molecule has 1 unspecified atom stereocenters. The Morgan fingerprint density at radius 2 is 1.70 bits per heavy atom. The van der Waals surface area contributed by atoms with Gasteiger partial charge in [-0.3, -0.25) is 14.4 Å². The van der Waals surface area contributed by atoms with Crippen LogP contribution in [0.3, 0.4) is 0 Å². The molecule has 0 saturated carbocycles. The highest BCUT2D eigenvalue weighted by atomic mass is 79.9. The van der Waals surface area contributed by atoms with Crippen LogP contribution in [0.4, 0.5) is 10.6 Å². The summed E-state index contributed by atoms with van der Waals surface area (Å²) in [5.41, 5.74) is 5.01. The third kappa shape index (κ3) is 10.1. The molecule has 1 aliphatic carbocycles. The molecule has 0 radical (unpaired) electrons. The van der Waals surface area contributed by atoms with Crippen LogP contribution < -0.4 is 16.3 Å². The van der Waals surface area contributed by atoms with Crippen molar-refractivity contribution >= 4 is 39.7 Å². The number of anilines is 1. The minimum atomic E-state index is -1.48. The van der Waals surface area contributed by atoms with Crippen LogP contribution in [0, 0.1) is 0 Å². The van der Waals surface area contributed by atoms with E-state index in [9.17, 15) is 24.6 Å². The zero-order valence-electron chi connectivity index (χ0n) is 31.4. The van der Waals surface area contributed by atoms with Crippen molar-refractivity contribution in [1.82, 2.24) is 14.9 Å². The summed E-state index contributed by atoms with van der Waals surface area (Å²) in [6.45, 7) is 3.12. The van der Waals surface area contributed by atoms with Gasteiger partial charge in [0.15, 0.2) is 12.0 Å². The Balaban J connectivity index is 1.12. The van der Waals surface area contributed by atoms with Crippen LogP contribution in [0.1, 0.15) is 73.2 Å². The fraction of sp³-hybridized carbons (Fsp3) is 0.390. The molecule has 56 heavy (non-hydrogen) atoms. The molecule has 1 fully saturated rings. The molecule has 0 spiro atoms. The van der Waals surface area contributed by atoms with E-state index < -0.39 is 42.3 Å². The number of nitrogens with zero attached hydrogens (tertiary/aromatic N) is 3. The first-order valence-electron chi connectivity index (χ1n) is 18.5. The Morgan fingerprint density at radius 3 is 2.34 bits per heavy atom. The van der Waals surface area contributed by atoms with Gasteiger partial charge in [-0.1, -0.05) is 64.5 Å². The third-order valence-corrected chi connectivity index (χ3v) is 10.1. The molecule has 14 nitrogen and oxygen atoms in total. The molecule has 4 aromatic rings. The van der Waals surface area contributed by atoms with E-state index in [4.69, 9.17) is 23.9 Å².